The molecule has 1 aliphatic rings. The zero-order valence-electron chi connectivity index (χ0n) is 16.4. The molecule has 2 aromatic rings. The maximum atomic E-state index is 13.9. The van der Waals surface area contributed by atoms with Crippen molar-refractivity contribution in [1.82, 2.24) is 4.57 Å². The average molecular weight is 412 g/mol. The van der Waals surface area contributed by atoms with Crippen molar-refractivity contribution >= 4 is 11.9 Å². The van der Waals surface area contributed by atoms with E-state index in [0.29, 0.717) is 22.6 Å². The predicted molar refractivity (Wildman–Crippen MR) is 91.8 cm³/mol. The van der Waals surface area contributed by atoms with E-state index < -0.39 is 47.0 Å². The van der Waals surface area contributed by atoms with E-state index in [-0.39, 0.29) is 17.1 Å². The van der Waals surface area contributed by atoms with Crippen LogP contribution in [0.3, 0.4) is 0 Å². The number of cyclic esters (lactones) is 2. The van der Waals surface area contributed by atoms with E-state index in [1.54, 1.807) is 6.92 Å². The molecule has 0 spiro atoms. The fourth-order valence-electron chi connectivity index (χ4n) is 3.45. The van der Waals surface area contributed by atoms with Crippen molar-refractivity contribution in [2.24, 2.45) is 13.0 Å². The van der Waals surface area contributed by atoms with Gasteiger partial charge in [-0.15, -0.1) is 0 Å². The largest absolute Gasteiger partial charge is 0.711 e. The Morgan fingerprint density at radius 2 is 1.59 bits per heavy atom. The van der Waals surface area contributed by atoms with Crippen molar-refractivity contribution in [1.29, 1.82) is 0 Å². The van der Waals surface area contributed by atoms with E-state index >= 15 is 0 Å². The summed E-state index contributed by atoms with van der Waals surface area (Å²) < 4.78 is 53.5. The van der Waals surface area contributed by atoms with Gasteiger partial charge in [-0.2, -0.15) is 0 Å². The minimum Gasteiger partial charge on any atom is -0.711 e. The Morgan fingerprint density at radius 3 is 2.00 bits per heavy atom. The molecule has 1 fully saturated rings. The number of hydrogen-bond acceptors (Lipinski definition) is 5. The number of hydrogen-bond donors (Lipinski definition) is 0. The number of aromatic nitrogens is 2. The number of rotatable bonds is 3. The highest BCUT2D eigenvalue weighted by atomic mass is 19.2. The Labute approximate surface area is 164 Å². The molecular formula is C19H19F3N2O5. The first-order valence-corrected chi connectivity index (χ1v) is 8.71. The van der Waals surface area contributed by atoms with Gasteiger partial charge in [-0.1, -0.05) is 0 Å². The van der Waals surface area contributed by atoms with Crippen LogP contribution in [0.4, 0.5) is 13.2 Å². The van der Waals surface area contributed by atoms with Gasteiger partial charge in [-0.3, -0.25) is 9.59 Å². The highest BCUT2D eigenvalue weighted by Gasteiger charge is 2.52. The third kappa shape index (κ3) is 3.32. The van der Waals surface area contributed by atoms with Crippen LogP contribution in [0.25, 0.3) is 0 Å². The summed E-state index contributed by atoms with van der Waals surface area (Å²) in [5, 5.41) is 12.8. The molecule has 2 heterocycles. The van der Waals surface area contributed by atoms with E-state index in [1.807, 2.05) is 0 Å². The Hall–Kier alpha value is -3.04. The monoisotopic (exact) mass is 412 g/mol. The van der Waals surface area contributed by atoms with Crippen LogP contribution in [-0.4, -0.2) is 22.3 Å². The number of carbonyl (C=O) groups is 2. The van der Waals surface area contributed by atoms with E-state index in [4.69, 9.17) is 9.47 Å². The van der Waals surface area contributed by atoms with Gasteiger partial charge in [0, 0.05) is 27.7 Å². The van der Waals surface area contributed by atoms with Crippen molar-refractivity contribution in [3.8, 4) is 0 Å². The maximum absolute atomic E-state index is 13.9. The van der Waals surface area contributed by atoms with E-state index in [0.717, 1.165) is 0 Å². The normalized spacial score (nSPS) is 17.8. The first kappa shape index (κ1) is 20.7. The van der Waals surface area contributed by atoms with Crippen LogP contribution in [0.15, 0.2) is 12.1 Å². The number of esters is 2. The molecule has 1 saturated heterocycles. The molecule has 1 aromatic heterocycles. The third-order valence-corrected chi connectivity index (χ3v) is 5.06. The molecule has 156 valence electrons. The van der Waals surface area contributed by atoms with Gasteiger partial charge in [-0.25, -0.2) is 22.5 Å². The maximum Gasteiger partial charge on any atom is 0.324 e. The quantitative estimate of drug-likeness (QED) is 0.254. The van der Waals surface area contributed by atoms with Crippen LogP contribution in [0.2, 0.25) is 0 Å². The molecule has 0 amide bonds. The van der Waals surface area contributed by atoms with Crippen LogP contribution in [0.5, 0.6) is 0 Å². The van der Waals surface area contributed by atoms with E-state index in [1.165, 1.54) is 32.4 Å². The third-order valence-electron chi connectivity index (χ3n) is 5.06. The lowest BCUT2D eigenvalue weighted by atomic mass is 9.84. The molecule has 0 aliphatic carbocycles. The molecule has 29 heavy (non-hydrogen) atoms. The second-order valence-corrected chi connectivity index (χ2v) is 7.38. The average Bonchev–Trinajstić information content (AvgIpc) is 2.78. The van der Waals surface area contributed by atoms with Crippen molar-refractivity contribution in [2.75, 3.05) is 0 Å². The van der Waals surface area contributed by atoms with E-state index in [9.17, 15) is 28.0 Å². The second-order valence-electron chi connectivity index (χ2n) is 7.38. The zero-order chi connectivity index (χ0) is 21.8. The Balaban J connectivity index is 2.28. The van der Waals surface area contributed by atoms with Crippen LogP contribution < -0.4 is 4.73 Å². The van der Waals surface area contributed by atoms with Crippen LogP contribution >= 0.6 is 0 Å². The lowest BCUT2D eigenvalue weighted by Crippen LogP contribution is -2.50. The van der Waals surface area contributed by atoms with Crippen molar-refractivity contribution in [3.05, 3.63) is 57.6 Å². The molecule has 7 nitrogen and oxygen atoms in total. The van der Waals surface area contributed by atoms with Gasteiger partial charge in [0.25, 0.3) is 11.6 Å². The topological polar surface area (TPSA) is 84.5 Å². The molecule has 10 heteroatoms. The first-order valence-electron chi connectivity index (χ1n) is 8.71. The van der Waals surface area contributed by atoms with Gasteiger partial charge in [-0.05, 0) is 17.7 Å². The summed E-state index contributed by atoms with van der Waals surface area (Å²) in [6.07, 6.45) is 0. The number of nitrogens with zero attached hydrogens (tertiary/aromatic N) is 2. The predicted octanol–water partition coefficient (Wildman–Crippen LogP) is 2.28. The zero-order valence-corrected chi connectivity index (χ0v) is 16.4. The van der Waals surface area contributed by atoms with Crippen LogP contribution in [0, 0.1) is 42.4 Å². The highest BCUT2D eigenvalue weighted by molar-refractivity contribution is 5.98. The first-order chi connectivity index (χ1) is 13.4. The molecule has 0 unspecified atom stereocenters. The summed E-state index contributed by atoms with van der Waals surface area (Å²) in [4.78, 5) is 25.3. The molecule has 1 atom stereocenters. The standard InChI is InChI=1S/C19H19F3N2O5/c1-8-9(2)24(27)16(23(8)5)13(10-6-11(20)15(22)12(21)7-10)14-17(25)28-19(3,4)29-18(14)26/h6-7,13-14H,1-5H3/t13-/m0/s1. The van der Waals surface area contributed by atoms with Crippen LogP contribution in [-0.2, 0) is 26.1 Å². The van der Waals surface area contributed by atoms with Gasteiger partial charge in [0.05, 0.1) is 7.05 Å². The molecule has 0 saturated carbocycles. The summed E-state index contributed by atoms with van der Waals surface area (Å²) in [6, 6.07) is 1.28. The van der Waals surface area contributed by atoms with Gasteiger partial charge < -0.3 is 14.7 Å². The number of imidazole rings is 1. The van der Waals surface area contributed by atoms with Crippen molar-refractivity contribution in [2.45, 2.75) is 39.4 Å². The smallest absolute Gasteiger partial charge is 0.324 e. The van der Waals surface area contributed by atoms with Gasteiger partial charge in [0.1, 0.15) is 17.3 Å². The fraction of sp³-hybridized carbons (Fsp3) is 0.421. The lowest BCUT2D eigenvalue weighted by molar-refractivity contribution is -0.621. The minimum absolute atomic E-state index is 0.149. The number of ether oxygens (including phenoxy) is 2. The Kier molecular flexibility index (Phi) is 4.84. The minimum atomic E-state index is -1.72. The SMILES string of the molecule is Cc1c(C)[n+]([O-])c([C@@H](c2cc(F)c(F)c(F)c2)C2C(=O)OC(C)(C)OC2=O)n1C. The summed E-state index contributed by atoms with van der Waals surface area (Å²) in [5.74, 6) is -11.7. The molecule has 0 bridgehead atoms. The summed E-state index contributed by atoms with van der Waals surface area (Å²) in [6.45, 7) is 5.82. The highest BCUT2D eigenvalue weighted by Crippen LogP contribution is 2.38. The Morgan fingerprint density at radius 1 is 1.10 bits per heavy atom. The lowest BCUT2D eigenvalue weighted by Gasteiger charge is -2.35. The molecular weight excluding hydrogens is 393 g/mol. The van der Waals surface area contributed by atoms with Crippen molar-refractivity contribution < 1.29 is 37.0 Å². The second kappa shape index (κ2) is 6.78. The van der Waals surface area contributed by atoms with Gasteiger partial charge in [0.15, 0.2) is 23.4 Å². The molecule has 0 N–H and O–H groups in total. The molecule has 3 rings (SSSR count). The summed E-state index contributed by atoms with van der Waals surface area (Å²) >= 11 is 0. The number of carbonyl (C=O) groups excluding carboxylic acids is 2. The van der Waals surface area contributed by atoms with E-state index in [2.05, 4.69) is 0 Å². The fourth-order valence-corrected chi connectivity index (χ4v) is 3.45. The molecule has 1 aliphatic heterocycles. The molecule has 0 radical (unpaired) electrons. The van der Waals surface area contributed by atoms with Gasteiger partial charge in [0.2, 0.25) is 0 Å². The molecule has 1 aromatic carbocycles. The number of halogens is 3. The number of benzene rings is 1. The van der Waals surface area contributed by atoms with Crippen LogP contribution in [0.1, 0.15) is 42.5 Å². The summed E-state index contributed by atoms with van der Waals surface area (Å²) in [5.41, 5.74) is 0.472. The van der Waals surface area contributed by atoms with Crippen molar-refractivity contribution in [3.63, 3.8) is 0 Å². The Bertz CT molecular complexity index is 963. The van der Waals surface area contributed by atoms with Gasteiger partial charge >= 0.3 is 11.9 Å². The summed E-state index contributed by atoms with van der Waals surface area (Å²) in [7, 11) is 1.50.